The second kappa shape index (κ2) is 6.88. The molecule has 0 aromatic rings. The lowest BCUT2D eigenvalue weighted by atomic mass is 9.80. The third kappa shape index (κ3) is 3.66. The highest BCUT2D eigenvalue weighted by Gasteiger charge is 2.43. The maximum absolute atomic E-state index is 12.7. The van der Waals surface area contributed by atoms with Crippen LogP contribution in [0.5, 0.6) is 0 Å². The summed E-state index contributed by atoms with van der Waals surface area (Å²) in [7, 11) is 0. The SMILES string of the molecule is C[C@@H]1CCCN1C(=O)CC(C)(C)[C@H]([NH3+])C(=O)N1CCC[C@H]1C#N. The summed E-state index contributed by atoms with van der Waals surface area (Å²) in [6, 6.07) is 1.63. The maximum Gasteiger partial charge on any atom is 0.282 e. The Hall–Kier alpha value is -1.61. The number of carbonyl (C=O) groups excluding carboxylic acids is 2. The van der Waals surface area contributed by atoms with E-state index >= 15 is 0 Å². The first-order valence-corrected chi connectivity index (χ1v) is 8.60. The van der Waals surface area contributed by atoms with Crippen LogP contribution in [-0.4, -0.2) is 52.8 Å². The van der Waals surface area contributed by atoms with Crippen LogP contribution in [0.15, 0.2) is 0 Å². The van der Waals surface area contributed by atoms with Crippen LogP contribution in [0.2, 0.25) is 0 Å². The first-order chi connectivity index (χ1) is 10.8. The van der Waals surface area contributed by atoms with Gasteiger partial charge in [-0.2, -0.15) is 5.26 Å². The quantitative estimate of drug-likeness (QED) is 0.819. The molecule has 0 radical (unpaired) electrons. The Balaban J connectivity index is 2.01. The number of hydrogen-bond acceptors (Lipinski definition) is 3. The topological polar surface area (TPSA) is 92.1 Å². The van der Waals surface area contributed by atoms with Gasteiger partial charge in [-0.15, -0.1) is 0 Å². The zero-order chi connectivity index (χ0) is 17.2. The van der Waals surface area contributed by atoms with Crippen molar-refractivity contribution in [3.05, 3.63) is 0 Å². The summed E-state index contributed by atoms with van der Waals surface area (Å²) >= 11 is 0. The smallest absolute Gasteiger partial charge is 0.282 e. The molecular weight excluding hydrogens is 292 g/mol. The van der Waals surface area contributed by atoms with Gasteiger partial charge in [0.2, 0.25) is 5.91 Å². The number of nitrogens with zero attached hydrogens (tertiary/aromatic N) is 3. The van der Waals surface area contributed by atoms with Gasteiger partial charge in [0.25, 0.3) is 5.91 Å². The number of hydrogen-bond donors (Lipinski definition) is 1. The molecule has 2 aliphatic rings. The summed E-state index contributed by atoms with van der Waals surface area (Å²) < 4.78 is 0. The Morgan fingerprint density at radius 1 is 1.26 bits per heavy atom. The zero-order valence-corrected chi connectivity index (χ0v) is 14.5. The van der Waals surface area contributed by atoms with Crippen LogP contribution < -0.4 is 5.73 Å². The van der Waals surface area contributed by atoms with Gasteiger partial charge in [-0.05, 0) is 32.6 Å². The largest absolute Gasteiger partial charge is 0.347 e. The summed E-state index contributed by atoms with van der Waals surface area (Å²) in [5.41, 5.74) is 3.54. The molecule has 2 fully saturated rings. The summed E-state index contributed by atoms with van der Waals surface area (Å²) in [6.07, 6.45) is 4.03. The van der Waals surface area contributed by atoms with Crippen molar-refractivity contribution in [2.24, 2.45) is 5.41 Å². The van der Waals surface area contributed by atoms with Gasteiger partial charge >= 0.3 is 0 Å². The highest BCUT2D eigenvalue weighted by atomic mass is 16.2. The predicted molar refractivity (Wildman–Crippen MR) is 85.8 cm³/mol. The number of likely N-dealkylation sites (tertiary alicyclic amines) is 2. The molecule has 0 aromatic carbocycles. The Kier molecular flexibility index (Phi) is 5.30. The molecule has 2 aliphatic heterocycles. The predicted octanol–water partition coefficient (Wildman–Crippen LogP) is 0.539. The first kappa shape index (κ1) is 17.7. The van der Waals surface area contributed by atoms with E-state index in [0.717, 1.165) is 32.2 Å². The minimum absolute atomic E-state index is 0.0960. The van der Waals surface area contributed by atoms with Gasteiger partial charge in [-0.3, -0.25) is 9.59 Å². The van der Waals surface area contributed by atoms with Gasteiger partial charge in [0.1, 0.15) is 6.04 Å². The molecule has 0 aromatic heterocycles. The number of rotatable bonds is 4. The number of carbonyl (C=O) groups is 2. The van der Waals surface area contributed by atoms with Crippen LogP contribution in [0.3, 0.4) is 0 Å². The highest BCUT2D eigenvalue weighted by molar-refractivity contribution is 5.84. The van der Waals surface area contributed by atoms with Crippen LogP contribution in [0.1, 0.15) is 52.9 Å². The number of quaternary nitrogens is 1. The van der Waals surface area contributed by atoms with E-state index < -0.39 is 11.5 Å². The van der Waals surface area contributed by atoms with Crippen molar-refractivity contribution in [2.45, 2.75) is 71.0 Å². The van der Waals surface area contributed by atoms with E-state index in [-0.39, 0.29) is 17.9 Å². The molecule has 6 heteroatoms. The second-order valence-electron chi connectivity index (χ2n) is 7.62. The van der Waals surface area contributed by atoms with E-state index in [4.69, 9.17) is 5.26 Å². The molecule has 3 N–H and O–H groups in total. The molecule has 2 rings (SSSR count). The third-order valence-electron chi connectivity index (χ3n) is 5.41. The van der Waals surface area contributed by atoms with Crippen LogP contribution >= 0.6 is 0 Å². The van der Waals surface area contributed by atoms with Crippen molar-refractivity contribution in [3.63, 3.8) is 0 Å². The van der Waals surface area contributed by atoms with Crippen LogP contribution in [0.25, 0.3) is 0 Å². The van der Waals surface area contributed by atoms with Gasteiger partial charge in [0.15, 0.2) is 6.04 Å². The van der Waals surface area contributed by atoms with E-state index in [1.807, 2.05) is 18.7 Å². The summed E-state index contributed by atoms with van der Waals surface area (Å²) in [4.78, 5) is 28.8. The Bertz CT molecular complexity index is 511. The molecule has 2 heterocycles. The van der Waals surface area contributed by atoms with Crippen molar-refractivity contribution in [3.8, 4) is 6.07 Å². The van der Waals surface area contributed by atoms with Gasteiger partial charge in [0.05, 0.1) is 6.07 Å². The van der Waals surface area contributed by atoms with Gasteiger partial charge in [-0.25, -0.2) is 0 Å². The molecular formula is C17H29N4O2+. The van der Waals surface area contributed by atoms with E-state index in [1.165, 1.54) is 0 Å². The number of amides is 2. The van der Waals surface area contributed by atoms with Crippen LogP contribution in [0, 0.1) is 16.7 Å². The molecule has 0 bridgehead atoms. The lowest BCUT2D eigenvalue weighted by molar-refractivity contribution is -0.429. The molecule has 3 atom stereocenters. The molecule has 0 aliphatic carbocycles. The second-order valence-corrected chi connectivity index (χ2v) is 7.62. The van der Waals surface area contributed by atoms with Crippen molar-refractivity contribution in [1.82, 2.24) is 9.80 Å². The standard InChI is InChI=1S/C17H28N4O2/c1-12-6-4-8-20(12)14(22)10-17(2,3)15(19)16(23)21-9-5-7-13(21)11-18/h12-13,15H,4-10,19H2,1-3H3/p+1/t12-,13+,15-/m1/s1. The fraction of sp³-hybridized carbons (Fsp3) is 0.824. The summed E-state index contributed by atoms with van der Waals surface area (Å²) in [5, 5.41) is 9.16. The van der Waals surface area contributed by atoms with Gasteiger partial charge in [-0.1, -0.05) is 13.8 Å². The monoisotopic (exact) mass is 321 g/mol. The van der Waals surface area contributed by atoms with E-state index in [9.17, 15) is 9.59 Å². The van der Waals surface area contributed by atoms with Crippen molar-refractivity contribution >= 4 is 11.8 Å². The molecule has 0 saturated carbocycles. The molecule has 6 nitrogen and oxygen atoms in total. The van der Waals surface area contributed by atoms with Gasteiger partial charge < -0.3 is 15.5 Å². The van der Waals surface area contributed by atoms with E-state index in [2.05, 4.69) is 18.7 Å². The average Bonchev–Trinajstić information content (AvgIpc) is 3.13. The Morgan fingerprint density at radius 2 is 1.87 bits per heavy atom. The molecule has 128 valence electrons. The van der Waals surface area contributed by atoms with E-state index in [1.54, 1.807) is 4.90 Å². The highest BCUT2D eigenvalue weighted by Crippen LogP contribution is 2.29. The summed E-state index contributed by atoms with van der Waals surface area (Å²) in [6.45, 7) is 7.37. The Labute approximate surface area is 138 Å². The number of nitriles is 1. The lowest BCUT2D eigenvalue weighted by Gasteiger charge is -2.33. The molecule has 0 unspecified atom stereocenters. The van der Waals surface area contributed by atoms with Crippen molar-refractivity contribution in [2.75, 3.05) is 13.1 Å². The average molecular weight is 321 g/mol. The van der Waals surface area contributed by atoms with Gasteiger partial charge in [0, 0.05) is 31.0 Å². The summed E-state index contributed by atoms with van der Waals surface area (Å²) in [5.74, 6) is 0.0148. The fourth-order valence-corrected chi connectivity index (χ4v) is 3.62. The normalized spacial score (nSPS) is 26.2. The lowest BCUT2D eigenvalue weighted by Crippen LogP contribution is -2.74. The first-order valence-electron chi connectivity index (χ1n) is 8.60. The van der Waals surface area contributed by atoms with Crippen LogP contribution in [0.4, 0.5) is 0 Å². The molecule has 0 spiro atoms. The fourth-order valence-electron chi connectivity index (χ4n) is 3.62. The third-order valence-corrected chi connectivity index (χ3v) is 5.41. The Morgan fingerprint density at radius 3 is 2.43 bits per heavy atom. The van der Waals surface area contributed by atoms with Crippen molar-refractivity contribution < 1.29 is 15.3 Å². The maximum atomic E-state index is 12.7. The minimum atomic E-state index is -0.515. The molecule has 23 heavy (non-hydrogen) atoms. The minimum Gasteiger partial charge on any atom is -0.347 e. The van der Waals surface area contributed by atoms with Crippen molar-refractivity contribution in [1.29, 1.82) is 5.26 Å². The molecule has 2 amide bonds. The van der Waals surface area contributed by atoms with Crippen LogP contribution in [-0.2, 0) is 9.59 Å². The van der Waals surface area contributed by atoms with E-state index in [0.29, 0.717) is 19.0 Å². The molecule has 2 saturated heterocycles. The zero-order valence-electron chi connectivity index (χ0n) is 14.5.